The Morgan fingerprint density at radius 3 is 2.03 bits per heavy atom. The van der Waals surface area contributed by atoms with Crippen molar-refractivity contribution in [3.8, 4) is 5.75 Å². The molecule has 2 aromatic rings. The maximum Gasteiger partial charge on any atom is 0.414 e. The standard InChI is InChI=1S/C20H25NO3.C2H2O4/c1-21(16-17-8-4-3-5-9-17)14-6-7-15-24-19-12-10-18(11-13-19)20(22)23-2;3-1(4)2(5)6/h3-5,8-13H,6-7,14-16H2,1-2H3;(H,3,4)(H,5,6). The molecule has 2 rings (SSSR count). The lowest BCUT2D eigenvalue weighted by Crippen LogP contribution is -2.19. The van der Waals surface area contributed by atoms with Crippen molar-refractivity contribution in [1.29, 1.82) is 0 Å². The first-order chi connectivity index (χ1) is 14.3. The highest BCUT2D eigenvalue weighted by Gasteiger charge is 2.05. The molecule has 8 heteroatoms. The molecule has 0 amide bonds. The summed E-state index contributed by atoms with van der Waals surface area (Å²) in [5.41, 5.74) is 1.87. The van der Waals surface area contributed by atoms with Gasteiger partial charge >= 0.3 is 17.9 Å². The van der Waals surface area contributed by atoms with Crippen LogP contribution in [0, 0.1) is 0 Å². The van der Waals surface area contributed by atoms with Gasteiger partial charge in [-0.05, 0) is 56.3 Å². The fourth-order valence-corrected chi connectivity index (χ4v) is 2.45. The van der Waals surface area contributed by atoms with E-state index in [1.165, 1.54) is 12.7 Å². The second-order valence-electron chi connectivity index (χ2n) is 6.41. The SMILES string of the molecule is COC(=O)c1ccc(OCCCCN(C)Cc2ccccc2)cc1.O=C(O)C(=O)O. The first-order valence-corrected chi connectivity index (χ1v) is 9.33. The fraction of sp³-hybridized carbons (Fsp3) is 0.318. The lowest BCUT2D eigenvalue weighted by Gasteiger charge is -2.16. The molecule has 0 spiro atoms. The van der Waals surface area contributed by atoms with Crippen LogP contribution in [0.4, 0.5) is 0 Å². The van der Waals surface area contributed by atoms with E-state index in [0.717, 1.165) is 31.7 Å². The molecule has 0 saturated carbocycles. The zero-order chi connectivity index (χ0) is 22.4. The number of benzene rings is 2. The third kappa shape index (κ3) is 10.2. The molecular weight excluding hydrogens is 390 g/mol. The van der Waals surface area contributed by atoms with Gasteiger partial charge in [-0.15, -0.1) is 0 Å². The number of unbranched alkanes of at least 4 members (excludes halogenated alkanes) is 1. The van der Waals surface area contributed by atoms with E-state index in [0.29, 0.717) is 12.2 Å². The van der Waals surface area contributed by atoms with Gasteiger partial charge in [-0.1, -0.05) is 30.3 Å². The molecule has 0 aliphatic rings. The van der Waals surface area contributed by atoms with Gasteiger partial charge in [0.2, 0.25) is 0 Å². The minimum Gasteiger partial charge on any atom is -0.494 e. The quantitative estimate of drug-likeness (QED) is 0.364. The van der Waals surface area contributed by atoms with E-state index >= 15 is 0 Å². The third-order valence-electron chi connectivity index (χ3n) is 3.96. The molecule has 2 aromatic carbocycles. The summed E-state index contributed by atoms with van der Waals surface area (Å²) in [6.07, 6.45) is 2.08. The average Bonchev–Trinajstić information content (AvgIpc) is 2.74. The molecule has 0 saturated heterocycles. The van der Waals surface area contributed by atoms with Crippen LogP contribution in [0.25, 0.3) is 0 Å². The number of ether oxygens (including phenoxy) is 2. The summed E-state index contributed by atoms with van der Waals surface area (Å²) in [6, 6.07) is 17.5. The maximum atomic E-state index is 11.4. The highest BCUT2D eigenvalue weighted by atomic mass is 16.5. The van der Waals surface area contributed by atoms with Crippen LogP contribution in [0.5, 0.6) is 5.75 Å². The number of methoxy groups -OCH3 is 1. The number of esters is 1. The van der Waals surface area contributed by atoms with Gasteiger partial charge in [0.05, 0.1) is 19.3 Å². The number of hydrogen-bond donors (Lipinski definition) is 2. The van der Waals surface area contributed by atoms with Crippen LogP contribution >= 0.6 is 0 Å². The molecule has 0 aliphatic heterocycles. The van der Waals surface area contributed by atoms with Crippen LogP contribution in [-0.2, 0) is 20.9 Å². The van der Waals surface area contributed by atoms with Crippen LogP contribution in [0.3, 0.4) is 0 Å². The monoisotopic (exact) mass is 417 g/mol. The van der Waals surface area contributed by atoms with E-state index in [-0.39, 0.29) is 5.97 Å². The average molecular weight is 417 g/mol. The van der Waals surface area contributed by atoms with Gasteiger partial charge in [-0.3, -0.25) is 0 Å². The number of hydrogen-bond acceptors (Lipinski definition) is 6. The van der Waals surface area contributed by atoms with Gasteiger partial charge in [-0.2, -0.15) is 0 Å². The minimum absolute atomic E-state index is 0.331. The van der Waals surface area contributed by atoms with E-state index in [2.05, 4.69) is 40.9 Å². The van der Waals surface area contributed by atoms with Crippen LogP contribution < -0.4 is 4.74 Å². The topological polar surface area (TPSA) is 113 Å². The number of rotatable bonds is 9. The first-order valence-electron chi connectivity index (χ1n) is 9.33. The number of carboxylic acid groups (broad SMARTS) is 2. The smallest absolute Gasteiger partial charge is 0.414 e. The van der Waals surface area contributed by atoms with Gasteiger partial charge in [0.15, 0.2) is 0 Å². The summed E-state index contributed by atoms with van der Waals surface area (Å²) in [6.45, 7) is 2.69. The Morgan fingerprint density at radius 2 is 1.50 bits per heavy atom. The minimum atomic E-state index is -1.82. The maximum absolute atomic E-state index is 11.4. The number of carboxylic acids is 2. The normalized spacial score (nSPS) is 9.97. The second kappa shape index (κ2) is 13.7. The Labute approximate surface area is 175 Å². The molecule has 162 valence electrons. The molecule has 0 aromatic heterocycles. The van der Waals surface area contributed by atoms with Crippen molar-refractivity contribution < 1.29 is 34.1 Å². The Balaban J connectivity index is 0.000000656. The molecule has 0 heterocycles. The van der Waals surface area contributed by atoms with Gasteiger partial charge in [0.1, 0.15) is 5.75 Å². The lowest BCUT2D eigenvalue weighted by atomic mass is 10.2. The molecule has 0 bridgehead atoms. The summed E-state index contributed by atoms with van der Waals surface area (Å²) < 4.78 is 10.4. The Bertz CT molecular complexity index is 779. The Kier molecular flexibility index (Phi) is 11.3. The molecule has 30 heavy (non-hydrogen) atoms. The van der Waals surface area contributed by atoms with Crippen molar-refractivity contribution in [1.82, 2.24) is 4.90 Å². The third-order valence-corrected chi connectivity index (χ3v) is 3.96. The number of aliphatic carboxylic acids is 2. The van der Waals surface area contributed by atoms with E-state index in [1.54, 1.807) is 24.3 Å². The number of carbonyl (C=O) groups is 3. The van der Waals surface area contributed by atoms with Crippen LogP contribution in [0.2, 0.25) is 0 Å². The van der Waals surface area contributed by atoms with Crippen LogP contribution in [-0.4, -0.2) is 60.3 Å². The number of nitrogens with zero attached hydrogens (tertiary/aromatic N) is 1. The molecule has 0 fully saturated rings. The van der Waals surface area contributed by atoms with E-state index in [4.69, 9.17) is 24.5 Å². The largest absolute Gasteiger partial charge is 0.494 e. The molecule has 8 nitrogen and oxygen atoms in total. The molecule has 0 unspecified atom stereocenters. The summed E-state index contributed by atoms with van der Waals surface area (Å²) in [5.74, 6) is -3.20. The predicted octanol–water partition coefficient (Wildman–Crippen LogP) is 2.92. The molecular formula is C22H27NO7. The Morgan fingerprint density at radius 1 is 0.900 bits per heavy atom. The van der Waals surface area contributed by atoms with E-state index in [9.17, 15) is 4.79 Å². The summed E-state index contributed by atoms with van der Waals surface area (Å²) in [7, 11) is 3.51. The van der Waals surface area contributed by atoms with Crippen molar-refractivity contribution in [3.63, 3.8) is 0 Å². The summed E-state index contributed by atoms with van der Waals surface area (Å²) in [4.78, 5) is 31.9. The van der Waals surface area contributed by atoms with E-state index in [1.807, 2.05) is 6.07 Å². The Hall–Kier alpha value is -3.39. The van der Waals surface area contributed by atoms with Gasteiger partial charge in [-0.25, -0.2) is 14.4 Å². The summed E-state index contributed by atoms with van der Waals surface area (Å²) >= 11 is 0. The van der Waals surface area contributed by atoms with Crippen LogP contribution in [0.1, 0.15) is 28.8 Å². The predicted molar refractivity (Wildman–Crippen MR) is 111 cm³/mol. The van der Waals surface area contributed by atoms with Crippen LogP contribution in [0.15, 0.2) is 54.6 Å². The van der Waals surface area contributed by atoms with Gasteiger partial charge < -0.3 is 24.6 Å². The van der Waals surface area contributed by atoms with Crippen molar-refractivity contribution in [2.45, 2.75) is 19.4 Å². The van der Waals surface area contributed by atoms with Crippen molar-refractivity contribution >= 4 is 17.9 Å². The first kappa shape index (κ1) is 24.6. The van der Waals surface area contributed by atoms with Crippen molar-refractivity contribution in [2.24, 2.45) is 0 Å². The van der Waals surface area contributed by atoms with Crippen molar-refractivity contribution in [3.05, 3.63) is 65.7 Å². The number of carbonyl (C=O) groups excluding carboxylic acids is 1. The molecule has 0 aliphatic carbocycles. The van der Waals surface area contributed by atoms with Gasteiger partial charge in [0.25, 0.3) is 0 Å². The molecule has 0 atom stereocenters. The fourth-order valence-electron chi connectivity index (χ4n) is 2.45. The molecule has 2 N–H and O–H groups in total. The highest BCUT2D eigenvalue weighted by Crippen LogP contribution is 2.13. The lowest BCUT2D eigenvalue weighted by molar-refractivity contribution is -0.159. The van der Waals surface area contributed by atoms with Gasteiger partial charge in [0, 0.05) is 6.54 Å². The zero-order valence-corrected chi connectivity index (χ0v) is 17.1. The van der Waals surface area contributed by atoms with E-state index < -0.39 is 11.9 Å². The molecule has 0 radical (unpaired) electrons. The summed E-state index contributed by atoms with van der Waals surface area (Å²) in [5, 5.41) is 14.8. The van der Waals surface area contributed by atoms with Crippen molar-refractivity contribution in [2.75, 3.05) is 27.3 Å². The highest BCUT2D eigenvalue weighted by molar-refractivity contribution is 6.27. The second-order valence-corrected chi connectivity index (χ2v) is 6.41. The zero-order valence-electron chi connectivity index (χ0n) is 17.1.